The van der Waals surface area contributed by atoms with Crippen LogP contribution in [0.2, 0.25) is 0 Å². The minimum absolute atomic E-state index is 0.171. The van der Waals surface area contributed by atoms with Crippen molar-refractivity contribution in [3.8, 4) is 0 Å². The molecule has 0 aliphatic heterocycles. The Morgan fingerprint density at radius 3 is 2.17 bits per heavy atom. The number of halogens is 1. The van der Waals surface area contributed by atoms with E-state index >= 15 is 0 Å². The maximum atomic E-state index is 14.0. The molecule has 0 spiro atoms. The first-order chi connectivity index (χ1) is 8.41. The molecule has 1 aliphatic carbocycles. The van der Waals surface area contributed by atoms with Crippen molar-refractivity contribution in [2.75, 3.05) is 0 Å². The predicted octanol–water partition coefficient (Wildman–Crippen LogP) is 4.42. The molecular weight excluding hydrogens is 231 g/mol. The quantitative estimate of drug-likeness (QED) is 0.659. The summed E-state index contributed by atoms with van der Waals surface area (Å²) in [6.45, 7) is 7.25. The van der Waals surface area contributed by atoms with Crippen molar-refractivity contribution in [1.82, 2.24) is 0 Å². The van der Waals surface area contributed by atoms with Crippen LogP contribution in [-0.4, -0.2) is 17.2 Å². The number of esters is 1. The summed E-state index contributed by atoms with van der Waals surface area (Å²) in [6, 6.07) is 0. The van der Waals surface area contributed by atoms with Crippen molar-refractivity contribution >= 4 is 5.97 Å². The van der Waals surface area contributed by atoms with Gasteiger partial charge in [-0.15, -0.1) is 0 Å². The monoisotopic (exact) mass is 258 g/mol. The Hall–Kier alpha value is -0.600. The molecule has 1 fully saturated rings. The number of carbonyl (C=O) groups is 1. The summed E-state index contributed by atoms with van der Waals surface area (Å²) in [5, 5.41) is 0. The van der Waals surface area contributed by atoms with Crippen LogP contribution in [0.25, 0.3) is 0 Å². The summed E-state index contributed by atoms with van der Waals surface area (Å²) in [4.78, 5) is 12.0. The Kier molecular flexibility index (Phi) is 5.18. The highest BCUT2D eigenvalue weighted by atomic mass is 19.1. The van der Waals surface area contributed by atoms with E-state index in [9.17, 15) is 9.18 Å². The van der Waals surface area contributed by atoms with E-state index < -0.39 is 17.2 Å². The van der Waals surface area contributed by atoms with E-state index in [1.165, 1.54) is 6.92 Å². The molecule has 0 aromatic heterocycles. The first-order valence-electron chi connectivity index (χ1n) is 7.34. The van der Waals surface area contributed by atoms with Gasteiger partial charge in [0.15, 0.2) is 0 Å². The van der Waals surface area contributed by atoms with Crippen LogP contribution in [0.5, 0.6) is 0 Å². The van der Waals surface area contributed by atoms with Crippen LogP contribution in [0.1, 0.15) is 72.6 Å². The maximum Gasteiger partial charge on any atom is 0.344 e. The molecule has 0 N–H and O–H groups in total. The Bertz CT molecular complexity index is 276. The maximum absolute atomic E-state index is 14.0. The lowest BCUT2D eigenvalue weighted by Gasteiger charge is -2.38. The average Bonchev–Trinajstić information content (AvgIpc) is 2.80. The Balaban J connectivity index is 2.84. The Morgan fingerprint density at radius 2 is 1.78 bits per heavy atom. The van der Waals surface area contributed by atoms with Crippen molar-refractivity contribution in [3.63, 3.8) is 0 Å². The van der Waals surface area contributed by atoms with Gasteiger partial charge in [-0.2, -0.15) is 0 Å². The summed E-state index contributed by atoms with van der Waals surface area (Å²) in [7, 11) is 0. The van der Waals surface area contributed by atoms with E-state index in [0.29, 0.717) is 5.92 Å². The SMILES string of the molecule is CCC(CC)C1(OC(=O)C(C)(F)CC)CCCC1. The van der Waals surface area contributed by atoms with Gasteiger partial charge in [0.2, 0.25) is 5.67 Å². The highest BCUT2D eigenvalue weighted by Gasteiger charge is 2.46. The van der Waals surface area contributed by atoms with Gasteiger partial charge in [0.25, 0.3) is 0 Å². The van der Waals surface area contributed by atoms with Gasteiger partial charge < -0.3 is 4.74 Å². The van der Waals surface area contributed by atoms with Crippen LogP contribution in [0.4, 0.5) is 4.39 Å². The lowest BCUT2D eigenvalue weighted by atomic mass is 9.81. The number of rotatable bonds is 6. The smallest absolute Gasteiger partial charge is 0.344 e. The third kappa shape index (κ3) is 3.04. The highest BCUT2D eigenvalue weighted by Crippen LogP contribution is 2.43. The number of carbonyl (C=O) groups excluding carboxylic acids is 1. The standard InChI is InChI=1S/C15H27FO2/c1-5-12(6-2)15(10-8-9-11-15)18-13(17)14(4,16)7-3/h12H,5-11H2,1-4H3. The summed E-state index contributed by atoms with van der Waals surface area (Å²) in [6.07, 6.45) is 6.09. The zero-order chi connectivity index (χ0) is 13.8. The zero-order valence-electron chi connectivity index (χ0n) is 12.2. The van der Waals surface area contributed by atoms with E-state index in [4.69, 9.17) is 4.74 Å². The molecule has 1 aliphatic rings. The van der Waals surface area contributed by atoms with Crippen molar-refractivity contribution in [3.05, 3.63) is 0 Å². The molecule has 0 aromatic rings. The molecule has 0 radical (unpaired) electrons. The molecule has 0 heterocycles. The molecule has 0 aromatic carbocycles. The second-order valence-corrected chi connectivity index (χ2v) is 5.73. The lowest BCUT2D eigenvalue weighted by Crippen LogP contribution is -2.44. The highest BCUT2D eigenvalue weighted by molar-refractivity contribution is 5.79. The second kappa shape index (κ2) is 6.03. The molecule has 0 amide bonds. The predicted molar refractivity (Wildman–Crippen MR) is 71.2 cm³/mol. The summed E-state index contributed by atoms with van der Waals surface area (Å²) < 4.78 is 19.7. The number of alkyl halides is 1. The first-order valence-corrected chi connectivity index (χ1v) is 7.34. The van der Waals surface area contributed by atoms with Crippen LogP contribution >= 0.6 is 0 Å². The molecule has 18 heavy (non-hydrogen) atoms. The summed E-state index contributed by atoms with van der Waals surface area (Å²) >= 11 is 0. The molecule has 0 saturated heterocycles. The van der Waals surface area contributed by atoms with Gasteiger partial charge in [-0.05, 0) is 57.8 Å². The second-order valence-electron chi connectivity index (χ2n) is 5.73. The minimum atomic E-state index is -1.85. The van der Waals surface area contributed by atoms with Crippen LogP contribution in [-0.2, 0) is 9.53 Å². The fourth-order valence-corrected chi connectivity index (χ4v) is 3.04. The van der Waals surface area contributed by atoms with Crippen LogP contribution in [0.3, 0.4) is 0 Å². The third-order valence-electron chi connectivity index (χ3n) is 4.57. The van der Waals surface area contributed by atoms with Gasteiger partial charge >= 0.3 is 5.97 Å². The fourth-order valence-electron chi connectivity index (χ4n) is 3.04. The van der Waals surface area contributed by atoms with Gasteiger partial charge in [0.05, 0.1) is 0 Å². The first kappa shape index (κ1) is 15.5. The van der Waals surface area contributed by atoms with E-state index in [1.807, 2.05) is 0 Å². The Labute approximate surface area is 110 Å². The molecule has 2 nitrogen and oxygen atoms in total. The molecular formula is C15H27FO2. The van der Waals surface area contributed by atoms with Gasteiger partial charge in [0.1, 0.15) is 5.60 Å². The van der Waals surface area contributed by atoms with Crippen LogP contribution in [0, 0.1) is 5.92 Å². The molecule has 1 unspecified atom stereocenters. The largest absolute Gasteiger partial charge is 0.456 e. The molecule has 1 rings (SSSR count). The number of hydrogen-bond donors (Lipinski definition) is 0. The fraction of sp³-hybridized carbons (Fsp3) is 0.933. The number of ether oxygens (including phenoxy) is 1. The normalized spacial score (nSPS) is 21.9. The molecule has 3 heteroatoms. The van der Waals surface area contributed by atoms with Gasteiger partial charge in [-0.25, -0.2) is 9.18 Å². The zero-order valence-corrected chi connectivity index (χ0v) is 12.2. The van der Waals surface area contributed by atoms with Gasteiger partial charge in [0, 0.05) is 0 Å². The molecule has 1 saturated carbocycles. The molecule has 1 atom stereocenters. The van der Waals surface area contributed by atoms with E-state index in [1.54, 1.807) is 6.92 Å². The summed E-state index contributed by atoms with van der Waals surface area (Å²) in [5.74, 6) is -0.310. The van der Waals surface area contributed by atoms with Crippen molar-refractivity contribution < 1.29 is 13.9 Å². The van der Waals surface area contributed by atoms with Gasteiger partial charge in [-0.1, -0.05) is 20.8 Å². The Morgan fingerprint density at radius 1 is 1.28 bits per heavy atom. The van der Waals surface area contributed by atoms with E-state index in [2.05, 4.69) is 13.8 Å². The van der Waals surface area contributed by atoms with Crippen molar-refractivity contribution in [1.29, 1.82) is 0 Å². The number of hydrogen-bond acceptors (Lipinski definition) is 2. The average molecular weight is 258 g/mol. The molecule has 0 bridgehead atoms. The van der Waals surface area contributed by atoms with Crippen LogP contribution < -0.4 is 0 Å². The lowest BCUT2D eigenvalue weighted by molar-refractivity contribution is -0.179. The minimum Gasteiger partial charge on any atom is -0.456 e. The van der Waals surface area contributed by atoms with E-state index in [0.717, 1.165) is 38.5 Å². The van der Waals surface area contributed by atoms with E-state index in [-0.39, 0.29) is 6.42 Å². The molecule has 106 valence electrons. The van der Waals surface area contributed by atoms with Crippen molar-refractivity contribution in [2.45, 2.75) is 83.9 Å². The topological polar surface area (TPSA) is 26.3 Å². The summed E-state index contributed by atoms with van der Waals surface area (Å²) in [5.41, 5.74) is -2.25. The third-order valence-corrected chi connectivity index (χ3v) is 4.57. The van der Waals surface area contributed by atoms with Crippen LogP contribution in [0.15, 0.2) is 0 Å². The van der Waals surface area contributed by atoms with Crippen molar-refractivity contribution in [2.24, 2.45) is 5.92 Å². The van der Waals surface area contributed by atoms with Gasteiger partial charge in [-0.3, -0.25) is 0 Å².